The number of carboxylic acid groups (broad SMARTS) is 1. The summed E-state index contributed by atoms with van der Waals surface area (Å²) >= 11 is 11.7. The molecule has 7 nitrogen and oxygen atoms in total. The lowest BCUT2D eigenvalue weighted by Gasteiger charge is -2.09. The van der Waals surface area contributed by atoms with Crippen molar-refractivity contribution in [2.75, 3.05) is 6.61 Å². The summed E-state index contributed by atoms with van der Waals surface area (Å²) < 4.78 is 5.43. The Labute approximate surface area is 149 Å². The quantitative estimate of drug-likeness (QED) is 0.453. The molecule has 1 aromatic carbocycles. The van der Waals surface area contributed by atoms with Gasteiger partial charge in [-0.15, -0.1) is 0 Å². The Morgan fingerprint density at radius 2 is 1.62 bits per heavy atom. The molecule has 1 aromatic rings. The van der Waals surface area contributed by atoms with Gasteiger partial charge in [0.15, 0.2) is 0 Å². The van der Waals surface area contributed by atoms with E-state index in [4.69, 9.17) is 33.0 Å². The van der Waals surface area contributed by atoms with Gasteiger partial charge in [0, 0.05) is 24.3 Å². The highest BCUT2D eigenvalue weighted by Gasteiger charge is 2.07. The summed E-state index contributed by atoms with van der Waals surface area (Å²) in [6.45, 7) is 0.279. The number of benzene rings is 1. The van der Waals surface area contributed by atoms with Crippen LogP contribution < -0.4 is 15.6 Å². The molecule has 132 valence electrons. The highest BCUT2D eigenvalue weighted by atomic mass is 35.5. The SMILES string of the molecule is O=C(O)CCCC(=O)NNC(=O)CCCOc1ccc(Cl)cc1Cl. The normalized spacial score (nSPS) is 10.1. The van der Waals surface area contributed by atoms with Crippen LogP contribution in [-0.4, -0.2) is 29.5 Å². The Bertz CT molecular complexity index is 595. The molecular formula is C15H18Cl2N2O5. The predicted molar refractivity (Wildman–Crippen MR) is 89.0 cm³/mol. The van der Waals surface area contributed by atoms with E-state index in [0.29, 0.717) is 22.2 Å². The number of ether oxygens (including phenoxy) is 1. The van der Waals surface area contributed by atoms with Crippen LogP contribution in [0.15, 0.2) is 18.2 Å². The van der Waals surface area contributed by atoms with Crippen molar-refractivity contribution in [1.29, 1.82) is 0 Å². The number of hydrogen-bond acceptors (Lipinski definition) is 4. The number of amides is 2. The van der Waals surface area contributed by atoms with E-state index in [-0.39, 0.29) is 38.2 Å². The zero-order valence-electron chi connectivity index (χ0n) is 12.8. The van der Waals surface area contributed by atoms with Crippen LogP contribution >= 0.6 is 23.2 Å². The number of hydrazine groups is 1. The molecule has 0 fully saturated rings. The summed E-state index contributed by atoms with van der Waals surface area (Å²) in [5, 5.41) is 9.34. The fraction of sp³-hybridized carbons (Fsp3) is 0.400. The molecule has 24 heavy (non-hydrogen) atoms. The van der Waals surface area contributed by atoms with Crippen LogP contribution in [0.25, 0.3) is 0 Å². The molecule has 0 aliphatic heterocycles. The molecule has 2 amide bonds. The van der Waals surface area contributed by atoms with E-state index in [0.717, 1.165) is 0 Å². The zero-order chi connectivity index (χ0) is 17.9. The van der Waals surface area contributed by atoms with Crippen molar-refractivity contribution in [3.63, 3.8) is 0 Å². The topological polar surface area (TPSA) is 105 Å². The number of carbonyl (C=O) groups is 3. The Morgan fingerprint density at radius 3 is 2.21 bits per heavy atom. The lowest BCUT2D eigenvalue weighted by molar-refractivity contribution is -0.137. The molecule has 0 unspecified atom stereocenters. The van der Waals surface area contributed by atoms with Crippen molar-refractivity contribution in [2.45, 2.75) is 32.1 Å². The van der Waals surface area contributed by atoms with E-state index in [2.05, 4.69) is 10.9 Å². The van der Waals surface area contributed by atoms with Gasteiger partial charge in [0.25, 0.3) is 0 Å². The smallest absolute Gasteiger partial charge is 0.303 e. The van der Waals surface area contributed by atoms with E-state index < -0.39 is 11.9 Å². The number of hydrogen-bond donors (Lipinski definition) is 3. The van der Waals surface area contributed by atoms with Crippen LogP contribution in [0.5, 0.6) is 5.75 Å². The van der Waals surface area contributed by atoms with Gasteiger partial charge < -0.3 is 9.84 Å². The fourth-order valence-corrected chi connectivity index (χ4v) is 2.13. The molecule has 9 heteroatoms. The molecule has 0 aromatic heterocycles. The van der Waals surface area contributed by atoms with Crippen LogP contribution in [0.1, 0.15) is 32.1 Å². The number of aliphatic carboxylic acids is 1. The maximum atomic E-state index is 11.5. The first-order chi connectivity index (χ1) is 11.4. The van der Waals surface area contributed by atoms with Gasteiger partial charge in [-0.2, -0.15) is 0 Å². The zero-order valence-corrected chi connectivity index (χ0v) is 14.3. The first-order valence-corrected chi connectivity index (χ1v) is 8.01. The van der Waals surface area contributed by atoms with Gasteiger partial charge >= 0.3 is 5.97 Å². The largest absolute Gasteiger partial charge is 0.492 e. The van der Waals surface area contributed by atoms with Crippen molar-refractivity contribution in [3.8, 4) is 5.75 Å². The van der Waals surface area contributed by atoms with Crippen LogP contribution in [0.2, 0.25) is 10.0 Å². The second kappa shape index (κ2) is 10.7. The molecule has 0 atom stereocenters. The minimum absolute atomic E-state index is 0.0325. The van der Waals surface area contributed by atoms with Crippen LogP contribution in [-0.2, 0) is 14.4 Å². The van der Waals surface area contributed by atoms with Crippen molar-refractivity contribution >= 4 is 41.0 Å². The maximum Gasteiger partial charge on any atom is 0.303 e. The molecule has 1 rings (SSSR count). The third-order valence-corrected chi connectivity index (χ3v) is 3.37. The number of rotatable bonds is 9. The van der Waals surface area contributed by atoms with E-state index in [1.807, 2.05) is 0 Å². The minimum Gasteiger partial charge on any atom is -0.492 e. The van der Waals surface area contributed by atoms with Gasteiger partial charge in [0.1, 0.15) is 5.75 Å². The Morgan fingerprint density at radius 1 is 1.00 bits per heavy atom. The van der Waals surface area contributed by atoms with Gasteiger partial charge in [-0.1, -0.05) is 23.2 Å². The summed E-state index contributed by atoms with van der Waals surface area (Å²) in [5.41, 5.74) is 4.48. The molecule has 0 heterocycles. The average Bonchev–Trinajstić information content (AvgIpc) is 2.51. The molecule has 0 aliphatic rings. The molecule has 0 bridgehead atoms. The van der Waals surface area contributed by atoms with Crippen LogP contribution in [0.3, 0.4) is 0 Å². The molecule has 0 radical (unpaired) electrons. The van der Waals surface area contributed by atoms with Gasteiger partial charge in [-0.05, 0) is 31.0 Å². The summed E-state index contributed by atoms with van der Waals surface area (Å²) in [4.78, 5) is 33.2. The molecular weight excluding hydrogens is 359 g/mol. The molecule has 0 spiro atoms. The van der Waals surface area contributed by atoms with Crippen molar-refractivity contribution in [3.05, 3.63) is 28.2 Å². The van der Waals surface area contributed by atoms with Crippen LogP contribution in [0.4, 0.5) is 0 Å². The molecule has 0 saturated heterocycles. The Balaban J connectivity index is 2.13. The standard InChI is InChI=1S/C15H18Cl2N2O5/c16-10-6-7-12(11(17)9-10)24-8-2-4-14(21)19-18-13(20)3-1-5-15(22)23/h6-7,9H,1-5,8H2,(H,18,20)(H,19,21)(H,22,23). The Kier molecular flexibility index (Phi) is 8.96. The molecule has 0 aliphatic carbocycles. The predicted octanol–water partition coefficient (Wildman–Crippen LogP) is 2.55. The third-order valence-electron chi connectivity index (χ3n) is 2.84. The highest BCUT2D eigenvalue weighted by molar-refractivity contribution is 6.35. The summed E-state index contributed by atoms with van der Waals surface area (Å²) in [6.07, 6.45) is 0.740. The van der Waals surface area contributed by atoms with E-state index in [9.17, 15) is 14.4 Å². The number of carboxylic acids is 1. The van der Waals surface area contributed by atoms with Gasteiger partial charge in [0.05, 0.1) is 11.6 Å². The van der Waals surface area contributed by atoms with Gasteiger partial charge in [0.2, 0.25) is 11.8 Å². The second-order valence-electron chi connectivity index (χ2n) is 4.87. The van der Waals surface area contributed by atoms with Crippen LogP contribution in [0, 0.1) is 0 Å². The van der Waals surface area contributed by atoms with Crippen molar-refractivity contribution < 1.29 is 24.2 Å². The Hall–Kier alpha value is -1.99. The second-order valence-corrected chi connectivity index (χ2v) is 5.71. The number of nitrogens with one attached hydrogen (secondary N) is 2. The van der Waals surface area contributed by atoms with Gasteiger partial charge in [-0.25, -0.2) is 0 Å². The average molecular weight is 377 g/mol. The van der Waals surface area contributed by atoms with E-state index in [1.54, 1.807) is 18.2 Å². The van der Waals surface area contributed by atoms with Crippen molar-refractivity contribution in [1.82, 2.24) is 10.9 Å². The third kappa shape index (κ3) is 8.59. The summed E-state index contributed by atoms with van der Waals surface area (Å²) in [7, 11) is 0. The number of carbonyl (C=O) groups excluding carboxylic acids is 2. The fourth-order valence-electron chi connectivity index (χ4n) is 1.67. The van der Waals surface area contributed by atoms with E-state index in [1.165, 1.54) is 0 Å². The summed E-state index contributed by atoms with van der Waals surface area (Å²) in [6, 6.07) is 4.85. The summed E-state index contributed by atoms with van der Waals surface area (Å²) in [5.74, 6) is -1.29. The van der Waals surface area contributed by atoms with Gasteiger partial charge in [-0.3, -0.25) is 25.2 Å². The molecule has 3 N–H and O–H groups in total. The lowest BCUT2D eigenvalue weighted by Crippen LogP contribution is -2.41. The lowest BCUT2D eigenvalue weighted by atomic mass is 10.2. The highest BCUT2D eigenvalue weighted by Crippen LogP contribution is 2.27. The maximum absolute atomic E-state index is 11.5. The van der Waals surface area contributed by atoms with E-state index >= 15 is 0 Å². The first-order valence-electron chi connectivity index (χ1n) is 7.26. The first kappa shape index (κ1) is 20.1. The molecule has 0 saturated carbocycles. The number of halogens is 2. The monoisotopic (exact) mass is 376 g/mol. The minimum atomic E-state index is -0.965. The van der Waals surface area contributed by atoms with Crippen molar-refractivity contribution in [2.24, 2.45) is 0 Å².